The minimum atomic E-state index is -0.358. The normalized spacial score (nSPS) is 29.1. The van der Waals surface area contributed by atoms with E-state index in [9.17, 15) is 4.79 Å². The molecule has 0 amide bonds. The number of ether oxygens (including phenoxy) is 1. The second-order valence-corrected chi connectivity index (χ2v) is 4.31. The highest BCUT2D eigenvalue weighted by Gasteiger charge is 2.52. The molecule has 1 saturated carbocycles. The van der Waals surface area contributed by atoms with Gasteiger partial charge >= 0.3 is 5.97 Å². The first-order valence-corrected chi connectivity index (χ1v) is 5.52. The highest BCUT2D eigenvalue weighted by molar-refractivity contribution is 5.79. The first-order chi connectivity index (χ1) is 7.08. The molecular weight excluding hydrogens is 188 g/mol. The van der Waals surface area contributed by atoms with E-state index < -0.39 is 0 Å². The Balaban J connectivity index is 2.84. The molecule has 0 aromatic carbocycles. The minimum Gasteiger partial charge on any atom is -0.466 e. The van der Waals surface area contributed by atoms with Crippen LogP contribution in [-0.2, 0) is 9.53 Å². The Morgan fingerprint density at radius 1 is 1.67 bits per heavy atom. The van der Waals surface area contributed by atoms with Gasteiger partial charge in [0.2, 0.25) is 0 Å². The number of carbonyl (C=O) groups excluding carboxylic acids is 1. The van der Waals surface area contributed by atoms with Crippen LogP contribution in [0.5, 0.6) is 0 Å². The van der Waals surface area contributed by atoms with Gasteiger partial charge in [-0.1, -0.05) is 18.2 Å². The van der Waals surface area contributed by atoms with Crippen molar-refractivity contribution in [2.75, 3.05) is 6.61 Å². The monoisotopic (exact) mass is 208 g/mol. The van der Waals surface area contributed by atoms with Crippen LogP contribution >= 0.6 is 0 Å². The van der Waals surface area contributed by atoms with Crippen molar-refractivity contribution in [1.29, 1.82) is 0 Å². The van der Waals surface area contributed by atoms with Gasteiger partial charge in [-0.25, -0.2) is 0 Å². The molecular formula is C13H20O2. The van der Waals surface area contributed by atoms with Gasteiger partial charge in [0.05, 0.1) is 12.0 Å². The van der Waals surface area contributed by atoms with Crippen molar-refractivity contribution >= 4 is 5.97 Å². The number of esters is 1. The molecule has 2 nitrogen and oxygen atoms in total. The Kier molecular flexibility index (Phi) is 3.72. The fourth-order valence-corrected chi connectivity index (χ4v) is 2.46. The van der Waals surface area contributed by atoms with E-state index in [4.69, 9.17) is 4.74 Å². The van der Waals surface area contributed by atoms with E-state index in [0.29, 0.717) is 13.0 Å². The third kappa shape index (κ3) is 1.99. The lowest BCUT2D eigenvalue weighted by Crippen LogP contribution is -2.47. The molecule has 0 heterocycles. The number of hydrogen-bond acceptors (Lipinski definition) is 2. The van der Waals surface area contributed by atoms with Crippen LogP contribution in [0.15, 0.2) is 24.8 Å². The van der Waals surface area contributed by atoms with Crippen LogP contribution in [0.4, 0.5) is 0 Å². The van der Waals surface area contributed by atoms with Gasteiger partial charge in [0.15, 0.2) is 0 Å². The lowest BCUT2D eigenvalue weighted by Gasteiger charge is -2.47. The smallest absolute Gasteiger partial charge is 0.312 e. The fourth-order valence-electron chi connectivity index (χ4n) is 2.46. The van der Waals surface area contributed by atoms with E-state index in [2.05, 4.69) is 13.2 Å². The fraction of sp³-hybridized carbons (Fsp3) is 0.615. The maximum Gasteiger partial charge on any atom is 0.312 e. The molecule has 2 heteroatoms. The first kappa shape index (κ1) is 12.0. The van der Waals surface area contributed by atoms with Crippen LogP contribution in [0.1, 0.15) is 33.1 Å². The van der Waals surface area contributed by atoms with Gasteiger partial charge in [0, 0.05) is 0 Å². The third-order valence-electron chi connectivity index (χ3n) is 3.33. The summed E-state index contributed by atoms with van der Waals surface area (Å²) in [6.07, 6.45) is 4.45. The number of rotatable bonds is 5. The zero-order chi connectivity index (χ0) is 11.5. The van der Waals surface area contributed by atoms with Gasteiger partial charge in [-0.15, -0.1) is 6.58 Å². The van der Waals surface area contributed by atoms with Crippen LogP contribution in [-0.4, -0.2) is 12.6 Å². The topological polar surface area (TPSA) is 26.3 Å². The summed E-state index contributed by atoms with van der Waals surface area (Å²) in [4.78, 5) is 11.9. The van der Waals surface area contributed by atoms with Crippen LogP contribution in [0.3, 0.4) is 0 Å². The maximum absolute atomic E-state index is 11.9. The van der Waals surface area contributed by atoms with Crippen molar-refractivity contribution in [2.24, 2.45) is 11.3 Å². The summed E-state index contributed by atoms with van der Waals surface area (Å²) in [5, 5.41) is 0. The molecule has 1 rings (SSSR count). The molecule has 1 fully saturated rings. The second-order valence-electron chi connectivity index (χ2n) is 4.31. The van der Waals surface area contributed by atoms with E-state index >= 15 is 0 Å². The van der Waals surface area contributed by atoms with Crippen molar-refractivity contribution in [3.8, 4) is 0 Å². The zero-order valence-corrected chi connectivity index (χ0v) is 9.71. The lowest BCUT2D eigenvalue weighted by molar-refractivity contribution is -0.165. The maximum atomic E-state index is 11.9. The Bertz CT molecular complexity index is 280. The summed E-state index contributed by atoms with van der Waals surface area (Å²) in [5.74, 6) is 0.193. The summed E-state index contributed by atoms with van der Waals surface area (Å²) in [6, 6.07) is 0. The van der Waals surface area contributed by atoms with Gasteiger partial charge in [-0.3, -0.25) is 4.79 Å². The predicted molar refractivity (Wildman–Crippen MR) is 61.4 cm³/mol. The Morgan fingerprint density at radius 3 is 2.67 bits per heavy atom. The standard InChI is InChI=1S/C13H20O2/c1-5-8-13(12(14)15-6-2)9-7-11(13)10(3)4/h5,11H,1,3,6-9H2,2,4H3/t11-,13+/m0/s1. The molecule has 0 spiro atoms. The van der Waals surface area contributed by atoms with E-state index in [1.807, 2.05) is 19.9 Å². The predicted octanol–water partition coefficient (Wildman–Crippen LogP) is 3.10. The van der Waals surface area contributed by atoms with E-state index in [1.54, 1.807) is 0 Å². The molecule has 0 saturated heterocycles. The molecule has 0 N–H and O–H groups in total. The largest absolute Gasteiger partial charge is 0.466 e. The third-order valence-corrected chi connectivity index (χ3v) is 3.33. The number of carbonyl (C=O) groups is 1. The van der Waals surface area contributed by atoms with Gasteiger partial charge in [-0.05, 0) is 39.0 Å². The molecule has 0 aliphatic heterocycles. The van der Waals surface area contributed by atoms with Gasteiger partial charge < -0.3 is 4.74 Å². The van der Waals surface area contributed by atoms with Crippen LogP contribution < -0.4 is 0 Å². The van der Waals surface area contributed by atoms with E-state index in [1.165, 1.54) is 0 Å². The summed E-state index contributed by atoms with van der Waals surface area (Å²) in [5.41, 5.74) is 0.722. The van der Waals surface area contributed by atoms with Gasteiger partial charge in [0.1, 0.15) is 0 Å². The summed E-state index contributed by atoms with van der Waals surface area (Å²) >= 11 is 0. The SMILES string of the molecule is C=CC[C@@]1(C(=O)OCC)CC[C@H]1C(=C)C. The number of allylic oxidation sites excluding steroid dienone is 2. The molecule has 1 aliphatic carbocycles. The average Bonchev–Trinajstić information content (AvgIpc) is 2.11. The molecule has 2 atom stereocenters. The number of hydrogen-bond donors (Lipinski definition) is 0. The molecule has 0 radical (unpaired) electrons. The lowest BCUT2D eigenvalue weighted by atomic mass is 9.56. The first-order valence-electron chi connectivity index (χ1n) is 5.52. The van der Waals surface area contributed by atoms with Crippen LogP contribution in [0, 0.1) is 11.3 Å². The molecule has 1 aliphatic rings. The van der Waals surface area contributed by atoms with E-state index in [0.717, 1.165) is 18.4 Å². The van der Waals surface area contributed by atoms with Crippen molar-refractivity contribution in [2.45, 2.75) is 33.1 Å². The highest BCUT2D eigenvalue weighted by Crippen LogP contribution is 2.53. The molecule has 0 bridgehead atoms. The Morgan fingerprint density at radius 2 is 2.33 bits per heavy atom. The van der Waals surface area contributed by atoms with Crippen molar-refractivity contribution in [1.82, 2.24) is 0 Å². The summed E-state index contributed by atoms with van der Waals surface area (Å²) in [6.45, 7) is 12.0. The summed E-state index contributed by atoms with van der Waals surface area (Å²) < 4.78 is 5.15. The van der Waals surface area contributed by atoms with Crippen LogP contribution in [0.25, 0.3) is 0 Å². The Labute approximate surface area is 92.0 Å². The minimum absolute atomic E-state index is 0.0795. The molecule has 15 heavy (non-hydrogen) atoms. The highest BCUT2D eigenvalue weighted by atomic mass is 16.5. The second kappa shape index (κ2) is 4.65. The van der Waals surface area contributed by atoms with Crippen molar-refractivity contribution < 1.29 is 9.53 Å². The molecule has 0 unspecified atom stereocenters. The summed E-state index contributed by atoms with van der Waals surface area (Å²) in [7, 11) is 0. The quantitative estimate of drug-likeness (QED) is 0.512. The Hall–Kier alpha value is -1.05. The van der Waals surface area contributed by atoms with Crippen molar-refractivity contribution in [3.05, 3.63) is 24.8 Å². The van der Waals surface area contributed by atoms with Crippen molar-refractivity contribution in [3.63, 3.8) is 0 Å². The molecule has 0 aromatic heterocycles. The van der Waals surface area contributed by atoms with E-state index in [-0.39, 0.29) is 17.3 Å². The van der Waals surface area contributed by atoms with Gasteiger partial charge in [0.25, 0.3) is 0 Å². The van der Waals surface area contributed by atoms with Crippen LogP contribution in [0.2, 0.25) is 0 Å². The molecule has 84 valence electrons. The molecule has 0 aromatic rings. The zero-order valence-electron chi connectivity index (χ0n) is 9.71. The average molecular weight is 208 g/mol. The van der Waals surface area contributed by atoms with Gasteiger partial charge in [-0.2, -0.15) is 0 Å².